The largest absolute Gasteiger partial charge is 0.512 e. The second-order valence-electron chi connectivity index (χ2n) is 17.5. The topological polar surface area (TPSA) is 50.2 Å². The second-order valence-corrected chi connectivity index (χ2v) is 19.7. The van der Waals surface area contributed by atoms with E-state index in [2.05, 4.69) is 71.0 Å². The van der Waals surface area contributed by atoms with Crippen molar-refractivity contribution in [2.45, 2.75) is 113 Å². The number of pyridine rings is 1. The van der Waals surface area contributed by atoms with E-state index in [0.717, 1.165) is 55.2 Å². The molecule has 0 aliphatic carbocycles. The van der Waals surface area contributed by atoms with E-state index in [9.17, 15) is 36.2 Å². The van der Waals surface area contributed by atoms with Crippen LogP contribution in [-0.2, 0) is 36.7 Å². The number of ketones is 1. The van der Waals surface area contributed by atoms with Gasteiger partial charge in [-0.25, -0.2) is 0 Å². The first-order valence-electron chi connectivity index (χ1n) is 18.0. The number of nitrogens with zero attached hydrogens (tertiary/aromatic N) is 1. The minimum Gasteiger partial charge on any atom is -0.512 e. The number of aliphatic hydroxyl groups is 1. The number of halogens is 6. The summed E-state index contributed by atoms with van der Waals surface area (Å²) in [5, 5.41) is 12.9. The third kappa shape index (κ3) is 10.1. The van der Waals surface area contributed by atoms with E-state index >= 15 is 0 Å². The summed E-state index contributed by atoms with van der Waals surface area (Å²) in [4.78, 5) is 19.1. The summed E-state index contributed by atoms with van der Waals surface area (Å²) in [5.74, 6) is -1.26. The van der Waals surface area contributed by atoms with Crippen molar-refractivity contribution in [3.63, 3.8) is 0 Å². The molecule has 3 aromatic heterocycles. The average Bonchev–Trinajstić information content (AvgIpc) is 3.67. The molecule has 0 aliphatic heterocycles. The number of allylic oxidation sites excluding steroid dienone is 2. The number of alkyl halides is 6. The quantitative estimate of drug-likeness (QED) is 0.0765. The summed E-state index contributed by atoms with van der Waals surface area (Å²) in [5.41, 5.74) is -0.713. The van der Waals surface area contributed by atoms with Gasteiger partial charge in [0.2, 0.25) is 0 Å². The van der Waals surface area contributed by atoms with Gasteiger partial charge in [-0.05, 0) is 60.7 Å². The number of benzene rings is 2. The fourth-order valence-electron chi connectivity index (χ4n) is 5.76. The summed E-state index contributed by atoms with van der Waals surface area (Å²) in [6, 6.07) is 20.1. The fraction of sp³-hybridized carbons (Fsp3) is 0.455. The van der Waals surface area contributed by atoms with Crippen LogP contribution in [0.1, 0.15) is 105 Å². The summed E-state index contributed by atoms with van der Waals surface area (Å²) in [7, 11) is 0. The maximum absolute atomic E-state index is 13.6. The van der Waals surface area contributed by atoms with Crippen molar-refractivity contribution in [3.05, 3.63) is 88.6 Å². The van der Waals surface area contributed by atoms with Crippen molar-refractivity contribution in [1.82, 2.24) is 4.98 Å². The SMILES string of the molecule is CC(C)(C)/C(O)=C/C(=O)C(C)(C)C(F)(F)F.CC(C)c1c(-c2ccc(CC(C)(C)C(F)(F)F)s2)sc2c(-c3[c-]c4ccccc4c(C(C)(C)C)c3)nccc12.[Ir]. The van der Waals surface area contributed by atoms with E-state index in [1.807, 2.05) is 24.4 Å². The second kappa shape index (κ2) is 16.7. The number of carbonyl (C=O) groups excluding carboxylic acids is 1. The Balaban J connectivity index is 0.000000421. The number of hydrogen-bond acceptors (Lipinski definition) is 5. The summed E-state index contributed by atoms with van der Waals surface area (Å²) >= 11 is 3.16. The Morgan fingerprint density at radius 3 is 1.98 bits per heavy atom. The maximum Gasteiger partial charge on any atom is 0.401 e. The number of aromatic nitrogens is 1. The molecule has 0 fully saturated rings. The first-order chi connectivity index (χ1) is 25.0. The Labute approximate surface area is 348 Å². The molecule has 0 spiro atoms. The van der Waals surface area contributed by atoms with Gasteiger partial charge in [-0.1, -0.05) is 98.4 Å². The van der Waals surface area contributed by atoms with Gasteiger partial charge in [-0.2, -0.15) is 26.3 Å². The van der Waals surface area contributed by atoms with Crippen molar-refractivity contribution in [2.24, 2.45) is 16.2 Å². The molecule has 3 heterocycles. The van der Waals surface area contributed by atoms with Crippen LogP contribution in [0.15, 0.2) is 66.6 Å². The van der Waals surface area contributed by atoms with Gasteiger partial charge in [0.05, 0.1) is 5.41 Å². The fourth-order valence-corrected chi connectivity index (χ4v) is 8.58. The van der Waals surface area contributed by atoms with Gasteiger partial charge in [-0.15, -0.1) is 51.8 Å². The minimum atomic E-state index is -4.63. The molecule has 12 heteroatoms. The van der Waals surface area contributed by atoms with Crippen molar-refractivity contribution >= 4 is 49.3 Å². The molecule has 1 radical (unpaired) electrons. The Kier molecular flexibility index (Phi) is 14.1. The molecule has 0 bridgehead atoms. The van der Waals surface area contributed by atoms with Crippen LogP contribution in [0.4, 0.5) is 26.3 Å². The molecule has 1 N–H and O–H groups in total. The molecule has 0 aliphatic rings. The van der Waals surface area contributed by atoms with Crippen LogP contribution < -0.4 is 0 Å². The zero-order chi connectivity index (χ0) is 41.7. The zero-order valence-corrected chi connectivity index (χ0v) is 37.8. The van der Waals surface area contributed by atoms with Gasteiger partial charge in [0, 0.05) is 62.8 Å². The predicted octanol–water partition coefficient (Wildman–Crippen LogP) is 14.8. The van der Waals surface area contributed by atoms with Gasteiger partial charge in [-0.3, -0.25) is 9.78 Å². The zero-order valence-electron chi connectivity index (χ0n) is 33.8. The van der Waals surface area contributed by atoms with Crippen LogP contribution in [0, 0.1) is 22.3 Å². The molecule has 56 heavy (non-hydrogen) atoms. The van der Waals surface area contributed by atoms with Gasteiger partial charge in [0.15, 0.2) is 5.78 Å². The molecule has 0 amide bonds. The van der Waals surface area contributed by atoms with Crippen molar-refractivity contribution in [1.29, 1.82) is 0 Å². The van der Waals surface area contributed by atoms with Gasteiger partial charge in [0.1, 0.15) is 11.2 Å². The van der Waals surface area contributed by atoms with Gasteiger partial charge >= 0.3 is 12.4 Å². The predicted molar refractivity (Wildman–Crippen MR) is 216 cm³/mol. The third-order valence-corrected chi connectivity index (χ3v) is 12.2. The van der Waals surface area contributed by atoms with E-state index in [0.29, 0.717) is 6.08 Å². The average molecular weight is 995 g/mol. The first-order valence-corrected chi connectivity index (χ1v) is 19.7. The molecule has 5 rings (SSSR count). The van der Waals surface area contributed by atoms with Crippen LogP contribution in [0.3, 0.4) is 0 Å². The van der Waals surface area contributed by atoms with Gasteiger partial charge in [0.25, 0.3) is 0 Å². The van der Waals surface area contributed by atoms with E-state index in [-0.39, 0.29) is 43.6 Å². The van der Waals surface area contributed by atoms with E-state index in [1.165, 1.54) is 41.7 Å². The van der Waals surface area contributed by atoms with Crippen molar-refractivity contribution in [3.8, 4) is 21.0 Å². The Hall–Kier alpha value is -3.05. The molecule has 0 saturated carbocycles. The standard InChI is InChI=1S/C33H33F3NS2.C11H17F3O2.Ir/c1-19(2)27-24-14-15-37-28(21-16-20-10-8-9-11-23(20)25(17-21)31(3,4)5)29(24)39-30(27)26-13-12-22(38-26)18-32(6,7)33(34,35)36;1-9(2,3)7(15)6-8(16)10(4,5)11(12,13)14;/h8-15,17,19H,18H2,1-7H3;6,15H,1-5H3;/q-1;;/b;7-6-;. The van der Waals surface area contributed by atoms with E-state index in [4.69, 9.17) is 4.98 Å². The summed E-state index contributed by atoms with van der Waals surface area (Å²) in [6.45, 7) is 20.0. The van der Waals surface area contributed by atoms with Crippen molar-refractivity contribution < 1.29 is 56.3 Å². The van der Waals surface area contributed by atoms with Crippen LogP contribution in [-0.4, -0.2) is 28.2 Å². The monoisotopic (exact) mass is 995 g/mol. The van der Waals surface area contributed by atoms with Crippen LogP contribution >= 0.6 is 22.7 Å². The third-order valence-electron chi connectivity index (χ3n) is 9.69. The summed E-state index contributed by atoms with van der Waals surface area (Å²) < 4.78 is 79.3. The Morgan fingerprint density at radius 1 is 0.839 bits per heavy atom. The minimum absolute atomic E-state index is 0. The molecule has 0 saturated heterocycles. The molecular weight excluding hydrogens is 945 g/mol. The molecule has 3 nitrogen and oxygen atoms in total. The van der Waals surface area contributed by atoms with E-state index < -0.39 is 34.4 Å². The number of aliphatic hydroxyl groups excluding tert-OH is 1. The number of hydrogen-bond donors (Lipinski definition) is 1. The number of rotatable bonds is 7. The maximum atomic E-state index is 13.6. The Bertz CT molecular complexity index is 2210. The molecule has 5 aromatic rings. The number of carbonyl (C=O) groups is 1. The molecule has 2 aromatic carbocycles. The first kappa shape index (κ1) is 47.3. The summed E-state index contributed by atoms with van der Waals surface area (Å²) in [6.07, 6.45) is -6.38. The van der Waals surface area contributed by atoms with E-state index in [1.54, 1.807) is 32.1 Å². The number of fused-ring (bicyclic) bond motifs is 2. The van der Waals surface area contributed by atoms with Crippen LogP contribution in [0.5, 0.6) is 0 Å². The van der Waals surface area contributed by atoms with Crippen molar-refractivity contribution in [2.75, 3.05) is 0 Å². The Morgan fingerprint density at radius 2 is 1.45 bits per heavy atom. The molecule has 307 valence electrons. The number of thiophene rings is 2. The smallest absolute Gasteiger partial charge is 0.401 e. The van der Waals surface area contributed by atoms with Crippen LogP contribution in [0.25, 0.3) is 41.9 Å². The normalized spacial score (nSPS) is 13.5. The molecule has 0 atom stereocenters. The molecular formula is C44H50F6IrNO2S2-. The van der Waals surface area contributed by atoms with Gasteiger partial charge < -0.3 is 5.11 Å². The molecule has 0 unspecified atom stereocenters. The van der Waals surface area contributed by atoms with Crippen LogP contribution in [0.2, 0.25) is 0 Å².